The van der Waals surface area contributed by atoms with Gasteiger partial charge in [-0.05, 0) is 51.4 Å². The van der Waals surface area contributed by atoms with Crippen molar-refractivity contribution in [1.29, 1.82) is 0 Å². The van der Waals surface area contributed by atoms with Crippen LogP contribution in [-0.2, 0) is 38.3 Å². The monoisotopic (exact) mass is 901 g/mol. The van der Waals surface area contributed by atoms with Crippen LogP contribution in [0.25, 0.3) is 0 Å². The second-order valence-electron chi connectivity index (χ2n) is 16.7. The molecule has 1 heterocycles. The highest BCUT2D eigenvalue weighted by Gasteiger charge is 2.48. The van der Waals surface area contributed by atoms with Crippen LogP contribution in [0.2, 0.25) is 0 Å². The Bertz CT molecular complexity index is 1270. The fourth-order valence-electron chi connectivity index (χ4n) is 7.31. The van der Waals surface area contributed by atoms with Crippen LogP contribution in [0.1, 0.15) is 194 Å². The van der Waals surface area contributed by atoms with Gasteiger partial charge in [-0.3, -0.25) is 9.35 Å². The molecule has 6 atom stereocenters. The number of hydrogen-bond acceptors (Lipinski definition) is 11. The summed E-state index contributed by atoms with van der Waals surface area (Å²) in [5.74, 6) is -0.405. The average Bonchev–Trinajstić information content (AvgIpc) is 3.24. The normalized spacial score (nSPS) is 20.4. The Hall–Kier alpha value is -1.94. The Morgan fingerprint density at radius 1 is 0.629 bits per heavy atom. The fourth-order valence-corrected chi connectivity index (χ4v) is 7.82. The standard InChI is InChI=1S/C49H88O12S/c1-3-5-7-9-11-13-15-17-19-21-23-25-27-29-31-33-35-37-39-57-41-43(42-58-49-47(53)48(61-62(54,55)56)46(52)44(40-50)60-49)59-45(51)38-36-34-32-30-28-26-24-22-20-18-16-14-12-10-8-6-4-2/h5,7,11,13,17,19,23,25,43-44,46-50,52-53H,3-4,6,8-10,12,14-16,18,20-22,24,26-42H2,1-2H3,(H,54,55,56)/b7-5-,13-11-,19-17-,25-23-. The molecule has 0 aliphatic carbocycles. The van der Waals surface area contributed by atoms with Crippen LogP contribution in [0, 0.1) is 0 Å². The van der Waals surface area contributed by atoms with E-state index in [2.05, 4.69) is 66.6 Å². The number of carbonyl (C=O) groups is 1. The van der Waals surface area contributed by atoms with Crippen molar-refractivity contribution in [3.05, 3.63) is 48.6 Å². The van der Waals surface area contributed by atoms with Gasteiger partial charge in [0, 0.05) is 13.0 Å². The molecule has 0 amide bonds. The molecule has 0 saturated carbocycles. The predicted octanol–water partition coefficient (Wildman–Crippen LogP) is 10.7. The summed E-state index contributed by atoms with van der Waals surface area (Å²) in [6, 6.07) is 0. The molecule has 6 unspecified atom stereocenters. The second-order valence-corrected chi connectivity index (χ2v) is 17.7. The van der Waals surface area contributed by atoms with Crippen molar-refractivity contribution in [2.24, 2.45) is 0 Å². The van der Waals surface area contributed by atoms with Crippen LogP contribution < -0.4 is 0 Å². The van der Waals surface area contributed by atoms with E-state index >= 15 is 0 Å². The van der Waals surface area contributed by atoms with E-state index in [1.807, 2.05) is 0 Å². The lowest BCUT2D eigenvalue weighted by Crippen LogP contribution is -2.60. The van der Waals surface area contributed by atoms with Gasteiger partial charge in [0.1, 0.15) is 30.5 Å². The molecule has 4 N–H and O–H groups in total. The van der Waals surface area contributed by atoms with E-state index in [1.165, 1.54) is 83.5 Å². The number of esters is 1. The fraction of sp³-hybridized carbons (Fsp3) is 0.816. The van der Waals surface area contributed by atoms with E-state index in [4.69, 9.17) is 18.9 Å². The molecule has 12 nitrogen and oxygen atoms in total. The van der Waals surface area contributed by atoms with Gasteiger partial charge in [-0.1, -0.05) is 184 Å². The lowest BCUT2D eigenvalue weighted by atomic mass is 9.99. The summed E-state index contributed by atoms with van der Waals surface area (Å²) < 4.78 is 59.2. The Labute approximate surface area is 376 Å². The topological polar surface area (TPSA) is 178 Å². The first kappa shape index (κ1) is 58.1. The molecule has 0 aromatic rings. The van der Waals surface area contributed by atoms with Crippen molar-refractivity contribution in [2.45, 2.75) is 230 Å². The number of aliphatic hydroxyl groups is 3. The van der Waals surface area contributed by atoms with Gasteiger partial charge in [-0.15, -0.1) is 0 Å². The van der Waals surface area contributed by atoms with Crippen molar-refractivity contribution in [2.75, 3.05) is 26.4 Å². The zero-order chi connectivity index (χ0) is 45.4. The summed E-state index contributed by atoms with van der Waals surface area (Å²) in [4.78, 5) is 12.9. The van der Waals surface area contributed by atoms with Crippen LogP contribution in [0.3, 0.4) is 0 Å². The first-order valence-electron chi connectivity index (χ1n) is 24.4. The van der Waals surface area contributed by atoms with Crippen LogP contribution in [0.4, 0.5) is 0 Å². The van der Waals surface area contributed by atoms with Crippen LogP contribution in [0.15, 0.2) is 48.6 Å². The maximum Gasteiger partial charge on any atom is 0.397 e. The summed E-state index contributed by atoms with van der Waals surface area (Å²) in [5, 5.41) is 30.7. The first-order valence-corrected chi connectivity index (χ1v) is 25.8. The molecule has 0 aromatic heterocycles. The Kier molecular flexibility index (Phi) is 38.0. The Balaban J connectivity index is 2.40. The smallest absolute Gasteiger partial charge is 0.397 e. The zero-order valence-corrected chi connectivity index (χ0v) is 39.5. The molecular formula is C49H88O12S. The Morgan fingerprint density at radius 3 is 1.63 bits per heavy atom. The van der Waals surface area contributed by atoms with Gasteiger partial charge < -0.3 is 34.3 Å². The number of hydrogen-bond donors (Lipinski definition) is 4. The number of allylic oxidation sites excluding steroid dienone is 8. The first-order chi connectivity index (χ1) is 30.1. The van der Waals surface area contributed by atoms with Gasteiger partial charge in [0.15, 0.2) is 6.29 Å². The molecule has 0 bridgehead atoms. The molecule has 0 radical (unpaired) electrons. The summed E-state index contributed by atoms with van der Waals surface area (Å²) in [7, 11) is -5.07. The molecule has 1 rings (SSSR count). The van der Waals surface area contributed by atoms with E-state index in [9.17, 15) is 33.1 Å². The molecule has 362 valence electrons. The SMILES string of the molecule is CC/C=C\C/C=C\C/C=C\C/C=C\CCCCCCCOCC(COC1OC(CO)C(O)C(OS(=O)(=O)O)C1O)OC(=O)CCCCCCCCCCCCCCCCCCC. The molecule has 1 aliphatic rings. The van der Waals surface area contributed by atoms with Gasteiger partial charge in [0.05, 0.1) is 19.8 Å². The highest BCUT2D eigenvalue weighted by atomic mass is 32.3. The lowest BCUT2D eigenvalue weighted by molar-refractivity contribution is -0.301. The van der Waals surface area contributed by atoms with Crippen LogP contribution in [0.5, 0.6) is 0 Å². The molecule has 1 aliphatic heterocycles. The Morgan fingerprint density at radius 2 is 1.11 bits per heavy atom. The molecule has 1 saturated heterocycles. The van der Waals surface area contributed by atoms with Crippen LogP contribution >= 0.6 is 0 Å². The maximum atomic E-state index is 12.9. The van der Waals surface area contributed by atoms with Crippen molar-refractivity contribution >= 4 is 16.4 Å². The van der Waals surface area contributed by atoms with Crippen molar-refractivity contribution < 1.29 is 56.2 Å². The predicted molar refractivity (Wildman–Crippen MR) is 248 cm³/mol. The van der Waals surface area contributed by atoms with Gasteiger partial charge >= 0.3 is 16.4 Å². The van der Waals surface area contributed by atoms with Crippen LogP contribution in [-0.4, -0.2) is 97.5 Å². The number of unbranched alkanes of at least 4 members (excludes halogenated alkanes) is 21. The molecule has 0 aromatic carbocycles. The van der Waals surface area contributed by atoms with E-state index in [-0.39, 0.29) is 19.6 Å². The highest BCUT2D eigenvalue weighted by molar-refractivity contribution is 7.80. The van der Waals surface area contributed by atoms with Gasteiger partial charge in [0.25, 0.3) is 0 Å². The lowest BCUT2D eigenvalue weighted by Gasteiger charge is -2.41. The molecule has 13 heteroatoms. The zero-order valence-electron chi connectivity index (χ0n) is 38.7. The van der Waals surface area contributed by atoms with Gasteiger partial charge in [-0.25, -0.2) is 4.18 Å². The number of rotatable bonds is 42. The summed E-state index contributed by atoms with van der Waals surface area (Å²) in [5.41, 5.74) is 0. The van der Waals surface area contributed by atoms with E-state index in [0.29, 0.717) is 13.0 Å². The van der Waals surface area contributed by atoms with Gasteiger partial charge in [-0.2, -0.15) is 8.42 Å². The van der Waals surface area contributed by atoms with Crippen molar-refractivity contribution in [3.63, 3.8) is 0 Å². The number of carbonyl (C=O) groups excluding carboxylic acids is 1. The summed E-state index contributed by atoms with van der Waals surface area (Å²) >= 11 is 0. The van der Waals surface area contributed by atoms with Gasteiger partial charge in [0.2, 0.25) is 0 Å². The van der Waals surface area contributed by atoms with Crippen molar-refractivity contribution in [3.8, 4) is 0 Å². The second kappa shape index (κ2) is 40.6. The third-order valence-corrected chi connectivity index (χ3v) is 11.4. The minimum absolute atomic E-state index is 0.0242. The maximum absolute atomic E-state index is 12.9. The van der Waals surface area contributed by atoms with E-state index in [0.717, 1.165) is 83.5 Å². The highest BCUT2D eigenvalue weighted by Crippen LogP contribution is 2.26. The largest absolute Gasteiger partial charge is 0.457 e. The van der Waals surface area contributed by atoms with E-state index in [1.54, 1.807) is 0 Å². The molecule has 62 heavy (non-hydrogen) atoms. The quantitative estimate of drug-likeness (QED) is 0.0198. The molecular weight excluding hydrogens is 813 g/mol. The number of ether oxygens (including phenoxy) is 4. The van der Waals surface area contributed by atoms with Crippen molar-refractivity contribution in [1.82, 2.24) is 0 Å². The third kappa shape index (κ3) is 33.6. The minimum Gasteiger partial charge on any atom is -0.457 e. The number of aliphatic hydroxyl groups excluding tert-OH is 3. The third-order valence-electron chi connectivity index (χ3n) is 11.0. The minimum atomic E-state index is -5.07. The average molecular weight is 901 g/mol. The molecule has 1 fully saturated rings. The van der Waals surface area contributed by atoms with E-state index < -0.39 is 59.8 Å². The summed E-state index contributed by atoms with van der Waals surface area (Å²) in [6.45, 7) is 3.85. The molecule has 0 spiro atoms. The summed E-state index contributed by atoms with van der Waals surface area (Å²) in [6.07, 6.45) is 40.0.